The van der Waals surface area contributed by atoms with Gasteiger partial charge >= 0.3 is 0 Å². The molecular weight excluding hydrogens is 246 g/mol. The first-order chi connectivity index (χ1) is 9.08. The normalized spacial score (nSPS) is 17.4. The van der Waals surface area contributed by atoms with E-state index in [1.54, 1.807) is 13.0 Å². The molecule has 1 saturated carbocycles. The maximum Gasteiger partial charge on any atom is 0.270 e. The molecule has 5 nitrogen and oxygen atoms in total. The Labute approximate surface area is 112 Å². The highest BCUT2D eigenvalue weighted by molar-refractivity contribution is 5.44. The number of nitro benzene ring substituents is 1. The quantitative estimate of drug-likeness (QED) is 0.655. The van der Waals surface area contributed by atoms with Crippen LogP contribution in [-0.2, 0) is 0 Å². The summed E-state index contributed by atoms with van der Waals surface area (Å²) in [6.07, 6.45) is 4.07. The fourth-order valence-corrected chi connectivity index (χ4v) is 2.49. The standard InChI is InChI=1S/C14H19NO4/c1-10(16)13-8-12(15(17)18)6-7-14(13)19-9-11-4-2-3-5-11/h6-8,10-11,16H,2-5,9H2,1H3/t10-/m0/s1. The molecule has 19 heavy (non-hydrogen) atoms. The van der Waals surface area contributed by atoms with E-state index in [-0.39, 0.29) is 5.69 Å². The van der Waals surface area contributed by atoms with Crippen molar-refractivity contribution in [2.24, 2.45) is 5.92 Å². The van der Waals surface area contributed by atoms with E-state index in [0.29, 0.717) is 23.8 Å². The summed E-state index contributed by atoms with van der Waals surface area (Å²) in [6.45, 7) is 2.21. The Morgan fingerprint density at radius 1 is 1.47 bits per heavy atom. The van der Waals surface area contributed by atoms with Crippen molar-refractivity contribution < 1.29 is 14.8 Å². The maximum atomic E-state index is 10.7. The number of non-ortho nitro benzene ring substituents is 1. The summed E-state index contributed by atoms with van der Waals surface area (Å²) in [5.74, 6) is 1.12. The van der Waals surface area contributed by atoms with Crippen LogP contribution < -0.4 is 4.74 Å². The fourth-order valence-electron chi connectivity index (χ4n) is 2.49. The molecular formula is C14H19NO4. The Morgan fingerprint density at radius 2 is 2.16 bits per heavy atom. The van der Waals surface area contributed by atoms with Gasteiger partial charge in [-0.15, -0.1) is 0 Å². The average molecular weight is 265 g/mol. The van der Waals surface area contributed by atoms with Crippen molar-refractivity contribution in [1.29, 1.82) is 0 Å². The van der Waals surface area contributed by atoms with Gasteiger partial charge in [0.25, 0.3) is 5.69 Å². The monoisotopic (exact) mass is 265 g/mol. The molecule has 5 heteroatoms. The highest BCUT2D eigenvalue weighted by Crippen LogP contribution is 2.31. The first-order valence-corrected chi connectivity index (χ1v) is 6.67. The number of nitrogens with zero attached hydrogens (tertiary/aromatic N) is 1. The summed E-state index contributed by atoms with van der Waals surface area (Å²) in [7, 11) is 0. The zero-order valence-electron chi connectivity index (χ0n) is 11.0. The molecule has 0 unspecified atom stereocenters. The number of ether oxygens (including phenoxy) is 1. The van der Waals surface area contributed by atoms with Crippen molar-refractivity contribution in [2.45, 2.75) is 38.7 Å². The van der Waals surface area contributed by atoms with Crippen molar-refractivity contribution in [3.05, 3.63) is 33.9 Å². The molecule has 104 valence electrons. The van der Waals surface area contributed by atoms with Crippen LogP contribution in [0, 0.1) is 16.0 Å². The topological polar surface area (TPSA) is 72.6 Å². The minimum absolute atomic E-state index is 0.0240. The first kappa shape index (κ1) is 13.8. The van der Waals surface area contributed by atoms with Crippen LogP contribution in [0.1, 0.15) is 44.3 Å². The Bertz CT molecular complexity index is 453. The summed E-state index contributed by atoms with van der Waals surface area (Å²) in [5.41, 5.74) is 0.455. The molecule has 0 saturated heterocycles. The van der Waals surface area contributed by atoms with Gasteiger partial charge < -0.3 is 9.84 Å². The number of hydrogen-bond donors (Lipinski definition) is 1. The molecule has 1 fully saturated rings. The summed E-state index contributed by atoms with van der Waals surface area (Å²) in [4.78, 5) is 10.3. The highest BCUT2D eigenvalue weighted by Gasteiger charge is 2.19. The van der Waals surface area contributed by atoms with Gasteiger partial charge in [0.1, 0.15) is 5.75 Å². The van der Waals surface area contributed by atoms with E-state index < -0.39 is 11.0 Å². The van der Waals surface area contributed by atoms with Crippen LogP contribution in [0.15, 0.2) is 18.2 Å². The molecule has 0 radical (unpaired) electrons. The van der Waals surface area contributed by atoms with Crippen LogP contribution in [0.4, 0.5) is 5.69 Å². The minimum Gasteiger partial charge on any atom is -0.493 e. The predicted molar refractivity (Wildman–Crippen MR) is 71.2 cm³/mol. The van der Waals surface area contributed by atoms with Gasteiger partial charge in [-0.1, -0.05) is 12.8 Å². The SMILES string of the molecule is C[C@H](O)c1cc([N+](=O)[O-])ccc1OCC1CCCC1. The van der Waals surface area contributed by atoms with Crippen LogP contribution in [0.3, 0.4) is 0 Å². The first-order valence-electron chi connectivity index (χ1n) is 6.67. The lowest BCUT2D eigenvalue weighted by atomic mass is 10.1. The Morgan fingerprint density at radius 3 is 2.74 bits per heavy atom. The zero-order valence-corrected chi connectivity index (χ0v) is 11.0. The van der Waals surface area contributed by atoms with E-state index in [4.69, 9.17) is 4.74 Å². The number of benzene rings is 1. The largest absolute Gasteiger partial charge is 0.493 e. The molecule has 1 N–H and O–H groups in total. The van der Waals surface area contributed by atoms with E-state index in [0.717, 1.165) is 0 Å². The lowest BCUT2D eigenvalue weighted by Gasteiger charge is -2.15. The molecule has 1 aromatic carbocycles. The van der Waals surface area contributed by atoms with E-state index in [2.05, 4.69) is 0 Å². The number of aliphatic hydroxyl groups is 1. The van der Waals surface area contributed by atoms with Crippen molar-refractivity contribution in [2.75, 3.05) is 6.61 Å². The fraction of sp³-hybridized carbons (Fsp3) is 0.571. The maximum absolute atomic E-state index is 10.7. The Kier molecular flexibility index (Phi) is 4.37. The average Bonchev–Trinajstić information content (AvgIpc) is 2.89. The van der Waals surface area contributed by atoms with Crippen LogP contribution >= 0.6 is 0 Å². The van der Waals surface area contributed by atoms with Crippen LogP contribution in [0.2, 0.25) is 0 Å². The van der Waals surface area contributed by atoms with Crippen LogP contribution in [0.5, 0.6) is 5.75 Å². The van der Waals surface area contributed by atoms with Gasteiger partial charge in [0.15, 0.2) is 0 Å². The van der Waals surface area contributed by atoms with E-state index in [9.17, 15) is 15.2 Å². The summed E-state index contributed by atoms with van der Waals surface area (Å²) in [5, 5.41) is 20.4. The van der Waals surface area contributed by atoms with Gasteiger partial charge in [0.2, 0.25) is 0 Å². The molecule has 1 aliphatic rings. The summed E-state index contributed by atoms with van der Waals surface area (Å²) >= 11 is 0. The van der Waals surface area contributed by atoms with Crippen molar-refractivity contribution in [3.63, 3.8) is 0 Å². The molecule has 0 amide bonds. The molecule has 0 heterocycles. The van der Waals surface area contributed by atoms with Gasteiger partial charge in [0.05, 0.1) is 17.6 Å². The molecule has 1 aliphatic carbocycles. The van der Waals surface area contributed by atoms with Crippen molar-refractivity contribution in [3.8, 4) is 5.75 Å². The van der Waals surface area contributed by atoms with Gasteiger partial charge in [-0.25, -0.2) is 0 Å². The predicted octanol–water partition coefficient (Wildman–Crippen LogP) is 3.22. The Hall–Kier alpha value is -1.62. The second kappa shape index (κ2) is 6.02. The zero-order chi connectivity index (χ0) is 13.8. The number of hydrogen-bond acceptors (Lipinski definition) is 4. The molecule has 1 aromatic rings. The number of rotatable bonds is 5. The lowest BCUT2D eigenvalue weighted by Crippen LogP contribution is -2.10. The smallest absolute Gasteiger partial charge is 0.270 e. The van der Waals surface area contributed by atoms with E-state index >= 15 is 0 Å². The van der Waals surface area contributed by atoms with Gasteiger partial charge in [-0.3, -0.25) is 10.1 Å². The van der Waals surface area contributed by atoms with Gasteiger partial charge in [-0.2, -0.15) is 0 Å². The number of nitro groups is 1. The van der Waals surface area contributed by atoms with Crippen LogP contribution in [0.25, 0.3) is 0 Å². The number of aliphatic hydroxyl groups excluding tert-OH is 1. The third kappa shape index (κ3) is 3.44. The summed E-state index contributed by atoms with van der Waals surface area (Å²) < 4.78 is 5.73. The molecule has 0 bridgehead atoms. The molecule has 1 atom stereocenters. The van der Waals surface area contributed by atoms with Gasteiger partial charge in [0, 0.05) is 17.7 Å². The second-order valence-electron chi connectivity index (χ2n) is 5.12. The van der Waals surface area contributed by atoms with Gasteiger partial charge in [-0.05, 0) is 31.7 Å². The highest BCUT2D eigenvalue weighted by atomic mass is 16.6. The second-order valence-corrected chi connectivity index (χ2v) is 5.12. The lowest BCUT2D eigenvalue weighted by molar-refractivity contribution is -0.385. The third-order valence-corrected chi connectivity index (χ3v) is 3.60. The minimum atomic E-state index is -0.779. The molecule has 0 spiro atoms. The third-order valence-electron chi connectivity index (χ3n) is 3.60. The molecule has 0 aromatic heterocycles. The molecule has 2 rings (SSSR count). The van der Waals surface area contributed by atoms with E-state index in [1.165, 1.54) is 37.8 Å². The molecule has 0 aliphatic heterocycles. The van der Waals surface area contributed by atoms with E-state index in [1.807, 2.05) is 0 Å². The van der Waals surface area contributed by atoms with Crippen molar-refractivity contribution >= 4 is 5.69 Å². The Balaban J connectivity index is 2.11. The van der Waals surface area contributed by atoms with Crippen molar-refractivity contribution in [1.82, 2.24) is 0 Å². The summed E-state index contributed by atoms with van der Waals surface area (Å²) in [6, 6.07) is 4.37. The van der Waals surface area contributed by atoms with Crippen LogP contribution in [-0.4, -0.2) is 16.6 Å².